The molecule has 0 radical (unpaired) electrons. The van der Waals surface area contributed by atoms with E-state index in [1.807, 2.05) is 27.7 Å². The molecule has 0 aromatic heterocycles. The van der Waals surface area contributed by atoms with Crippen molar-refractivity contribution < 1.29 is 43.2 Å². The Labute approximate surface area is 220 Å². The lowest BCUT2D eigenvalue weighted by Crippen LogP contribution is -2.61. The van der Waals surface area contributed by atoms with Crippen LogP contribution in [0.3, 0.4) is 0 Å². The molecule has 0 spiro atoms. The zero-order valence-electron chi connectivity index (χ0n) is 23.4. The molecule has 0 aromatic rings. The fourth-order valence-corrected chi connectivity index (χ4v) is 5.91. The van der Waals surface area contributed by atoms with Crippen molar-refractivity contribution >= 4 is 17.9 Å². The number of carbonyl (C=O) groups is 3. The largest absolute Gasteiger partial charge is 0.459 e. The van der Waals surface area contributed by atoms with E-state index in [0.29, 0.717) is 37.9 Å². The molecule has 3 atom stereocenters. The number of esters is 3. The first kappa shape index (κ1) is 29.8. The molecular formula is C28H46O9. The number of aliphatic hydroxyl groups is 1. The molecule has 9 heteroatoms. The van der Waals surface area contributed by atoms with Crippen molar-refractivity contribution in [2.75, 3.05) is 26.4 Å². The molecule has 5 aliphatic rings. The van der Waals surface area contributed by atoms with Gasteiger partial charge in [-0.1, -0.05) is 13.8 Å². The second kappa shape index (κ2) is 11.6. The minimum Gasteiger partial charge on any atom is -0.459 e. The maximum atomic E-state index is 12.4. The third-order valence-electron chi connectivity index (χ3n) is 8.53. The van der Waals surface area contributed by atoms with Crippen molar-refractivity contribution in [2.24, 2.45) is 22.7 Å². The van der Waals surface area contributed by atoms with Crippen LogP contribution in [-0.4, -0.2) is 66.9 Å². The van der Waals surface area contributed by atoms with E-state index < -0.39 is 41.3 Å². The highest BCUT2D eigenvalue weighted by atomic mass is 16.7. The Morgan fingerprint density at radius 2 is 1.51 bits per heavy atom. The fraction of sp³-hybridized carbons (Fsp3) is 0.893. The zero-order chi connectivity index (χ0) is 27.5. The van der Waals surface area contributed by atoms with E-state index in [1.54, 1.807) is 13.8 Å². The number of carbonyl (C=O) groups excluding carboxylic acids is 3. The third-order valence-corrected chi connectivity index (χ3v) is 8.53. The smallest absolute Gasteiger partial charge is 0.346 e. The van der Waals surface area contributed by atoms with E-state index in [9.17, 15) is 19.5 Å². The summed E-state index contributed by atoms with van der Waals surface area (Å²) >= 11 is 0. The summed E-state index contributed by atoms with van der Waals surface area (Å²) in [7, 11) is 0. The van der Waals surface area contributed by atoms with E-state index in [-0.39, 0.29) is 18.2 Å². The first-order valence-electron chi connectivity index (χ1n) is 13.7. The van der Waals surface area contributed by atoms with Gasteiger partial charge in [0.05, 0.1) is 29.6 Å². The lowest BCUT2D eigenvalue weighted by Gasteiger charge is -2.59. The van der Waals surface area contributed by atoms with Crippen LogP contribution in [-0.2, 0) is 38.1 Å². The van der Waals surface area contributed by atoms with Gasteiger partial charge in [0.1, 0.15) is 12.2 Å². The molecule has 1 heterocycles. The molecule has 9 nitrogen and oxygen atoms in total. The summed E-state index contributed by atoms with van der Waals surface area (Å²) in [4.78, 5) is 35.4. The van der Waals surface area contributed by atoms with Crippen molar-refractivity contribution in [2.45, 2.75) is 110 Å². The number of hydrogen-bond donors (Lipinski definition) is 1. The molecule has 4 bridgehead atoms. The molecular weight excluding hydrogens is 480 g/mol. The van der Waals surface area contributed by atoms with Crippen molar-refractivity contribution in [3.8, 4) is 0 Å². The molecule has 0 amide bonds. The zero-order valence-corrected chi connectivity index (χ0v) is 23.4. The third kappa shape index (κ3) is 7.67. The summed E-state index contributed by atoms with van der Waals surface area (Å²) in [6.45, 7) is 12.0. The van der Waals surface area contributed by atoms with Crippen LogP contribution in [0.15, 0.2) is 0 Å². The number of rotatable bonds is 8. The van der Waals surface area contributed by atoms with Crippen LogP contribution in [0, 0.1) is 22.7 Å². The molecule has 5 fully saturated rings. The molecule has 37 heavy (non-hydrogen) atoms. The first-order valence-corrected chi connectivity index (χ1v) is 13.7. The van der Waals surface area contributed by atoms with Crippen LogP contribution < -0.4 is 0 Å². The minimum atomic E-state index is -0.705. The Morgan fingerprint density at radius 3 is 2.03 bits per heavy atom. The Kier molecular flexibility index (Phi) is 9.34. The predicted molar refractivity (Wildman–Crippen MR) is 134 cm³/mol. The van der Waals surface area contributed by atoms with Gasteiger partial charge in [-0.05, 0) is 84.5 Å². The summed E-state index contributed by atoms with van der Waals surface area (Å²) in [5.74, 6) is -0.0124. The van der Waals surface area contributed by atoms with E-state index in [4.69, 9.17) is 23.7 Å². The van der Waals surface area contributed by atoms with Gasteiger partial charge < -0.3 is 28.8 Å². The highest BCUT2D eigenvalue weighted by molar-refractivity contribution is 5.79. The van der Waals surface area contributed by atoms with Crippen LogP contribution in [0.5, 0.6) is 0 Å². The highest BCUT2D eigenvalue weighted by Gasteiger charge is 2.59. The normalized spacial score (nSPS) is 32.7. The van der Waals surface area contributed by atoms with Crippen molar-refractivity contribution in [1.82, 2.24) is 0 Å². The highest BCUT2D eigenvalue weighted by Crippen LogP contribution is 2.59. The second-order valence-electron chi connectivity index (χ2n) is 12.7. The number of hydrogen-bond acceptors (Lipinski definition) is 9. The van der Waals surface area contributed by atoms with E-state index >= 15 is 0 Å². The summed E-state index contributed by atoms with van der Waals surface area (Å²) in [5, 5.41) is 10.6. The van der Waals surface area contributed by atoms with Crippen LogP contribution in [0.1, 0.15) is 92.9 Å². The van der Waals surface area contributed by atoms with Crippen LogP contribution >= 0.6 is 0 Å². The SMILES string of the molecule is CCC(C)(C)C(=O)OC12CC3CC(CC(O)(C3)C1)C2.CCC(C)(C)C(=O)OCC(=O)OC1COCCO1. The van der Waals surface area contributed by atoms with Gasteiger partial charge in [-0.25, -0.2) is 4.79 Å². The van der Waals surface area contributed by atoms with E-state index in [0.717, 1.165) is 32.1 Å². The molecule has 5 rings (SSSR count). The molecule has 0 aromatic carbocycles. The second-order valence-corrected chi connectivity index (χ2v) is 12.7. The fourth-order valence-electron chi connectivity index (χ4n) is 5.91. The van der Waals surface area contributed by atoms with Gasteiger partial charge in [0, 0.05) is 6.42 Å². The standard InChI is InChI=1S/C16H26O3.C12H20O6/c1-4-14(2,3)13(17)19-16-8-11-5-12(9-16)7-15(18,6-11)10-16;1-4-12(2,3)11(14)17-7-9(13)18-10-8-15-5-6-16-10/h11-12,18H,4-10H2,1-3H3;10H,4-8H2,1-3H3. The maximum Gasteiger partial charge on any atom is 0.346 e. The van der Waals surface area contributed by atoms with E-state index in [1.165, 1.54) is 6.42 Å². The molecule has 1 saturated heterocycles. The maximum absolute atomic E-state index is 12.4. The van der Waals surface area contributed by atoms with Crippen LogP contribution in [0.25, 0.3) is 0 Å². The summed E-state index contributed by atoms with van der Waals surface area (Å²) in [6.07, 6.45) is 6.38. The van der Waals surface area contributed by atoms with Gasteiger partial charge in [0.2, 0.25) is 6.29 Å². The van der Waals surface area contributed by atoms with Crippen LogP contribution in [0.4, 0.5) is 0 Å². The van der Waals surface area contributed by atoms with Gasteiger partial charge in [-0.3, -0.25) is 9.59 Å². The Hall–Kier alpha value is -1.71. The molecule has 4 aliphatic carbocycles. The average Bonchev–Trinajstić information content (AvgIpc) is 2.81. The molecule has 1 N–H and O–H groups in total. The Balaban J connectivity index is 0.000000206. The van der Waals surface area contributed by atoms with Gasteiger partial charge in [0.15, 0.2) is 6.61 Å². The summed E-state index contributed by atoms with van der Waals surface area (Å²) in [6, 6.07) is 0. The molecule has 4 saturated carbocycles. The predicted octanol–water partition coefficient (Wildman–Crippen LogP) is 3.93. The Bertz CT molecular complexity index is 814. The van der Waals surface area contributed by atoms with E-state index in [2.05, 4.69) is 0 Å². The Morgan fingerprint density at radius 1 is 0.919 bits per heavy atom. The molecule has 3 unspecified atom stereocenters. The van der Waals surface area contributed by atoms with Gasteiger partial charge >= 0.3 is 17.9 Å². The molecule has 212 valence electrons. The molecule has 1 aliphatic heterocycles. The van der Waals surface area contributed by atoms with Crippen molar-refractivity contribution in [3.05, 3.63) is 0 Å². The monoisotopic (exact) mass is 526 g/mol. The van der Waals surface area contributed by atoms with Crippen molar-refractivity contribution in [3.63, 3.8) is 0 Å². The topological polar surface area (TPSA) is 118 Å². The van der Waals surface area contributed by atoms with Gasteiger partial charge in [-0.15, -0.1) is 0 Å². The number of ether oxygens (including phenoxy) is 5. The average molecular weight is 527 g/mol. The lowest BCUT2D eigenvalue weighted by atomic mass is 9.52. The summed E-state index contributed by atoms with van der Waals surface area (Å²) in [5.41, 5.74) is -1.92. The van der Waals surface area contributed by atoms with Gasteiger partial charge in [0.25, 0.3) is 0 Å². The first-order chi connectivity index (χ1) is 17.2. The van der Waals surface area contributed by atoms with Crippen LogP contribution in [0.2, 0.25) is 0 Å². The lowest BCUT2D eigenvalue weighted by molar-refractivity contribution is -0.225. The summed E-state index contributed by atoms with van der Waals surface area (Å²) < 4.78 is 26.0. The van der Waals surface area contributed by atoms with Crippen molar-refractivity contribution in [1.29, 1.82) is 0 Å². The van der Waals surface area contributed by atoms with Gasteiger partial charge in [-0.2, -0.15) is 0 Å². The quantitative estimate of drug-likeness (QED) is 0.371. The minimum absolute atomic E-state index is 0.0828.